The molecule has 1 atom stereocenters. The second-order valence-corrected chi connectivity index (χ2v) is 8.34. The van der Waals surface area contributed by atoms with Gasteiger partial charge in [0.2, 0.25) is 5.91 Å². The predicted octanol–water partition coefficient (Wildman–Crippen LogP) is 2.00. The van der Waals surface area contributed by atoms with E-state index < -0.39 is 18.1 Å². The molecule has 8 nitrogen and oxygen atoms in total. The van der Waals surface area contributed by atoms with Crippen LogP contribution in [0.1, 0.15) is 39.2 Å². The van der Waals surface area contributed by atoms with Gasteiger partial charge in [-0.25, -0.2) is 4.79 Å². The van der Waals surface area contributed by atoms with Crippen molar-refractivity contribution in [3.05, 3.63) is 43.3 Å². The van der Waals surface area contributed by atoms with Crippen LogP contribution in [0.2, 0.25) is 0 Å². The minimum absolute atomic E-state index is 0.0585. The zero-order valence-electron chi connectivity index (χ0n) is 19.4. The lowest BCUT2D eigenvalue weighted by Crippen LogP contribution is -2.41. The lowest BCUT2D eigenvalue weighted by Gasteiger charge is -2.12. The molecule has 186 valence electrons. The number of carbonyl (C=O) groups is 2. The minimum atomic E-state index is -3.01. The molecule has 1 heterocycles. The van der Waals surface area contributed by atoms with Gasteiger partial charge in [0.25, 0.3) is 5.56 Å². The molecule has 2 aromatic rings. The van der Waals surface area contributed by atoms with E-state index in [4.69, 9.17) is 9.47 Å². The molecular weight excluding hydrogens is 470 g/mol. The Balaban J connectivity index is 2.51. The van der Waals surface area contributed by atoms with E-state index in [0.717, 1.165) is 30.3 Å². The van der Waals surface area contributed by atoms with Gasteiger partial charge < -0.3 is 19.5 Å². The summed E-state index contributed by atoms with van der Waals surface area (Å²) in [5.41, 5.74) is -0.00149. The second-order valence-electron chi connectivity index (χ2n) is 7.28. The molecule has 0 aliphatic carbocycles. The lowest BCUT2D eigenvalue weighted by molar-refractivity contribution is -0.135. The molecule has 1 N–H and O–H groups in total. The van der Waals surface area contributed by atoms with Crippen LogP contribution in [-0.4, -0.2) is 42.8 Å². The van der Waals surface area contributed by atoms with Crippen molar-refractivity contribution in [1.82, 2.24) is 9.88 Å². The number of hydrogen-bond donors (Lipinski definition) is 1. The van der Waals surface area contributed by atoms with Crippen molar-refractivity contribution >= 4 is 35.4 Å². The van der Waals surface area contributed by atoms with Crippen molar-refractivity contribution in [3.63, 3.8) is 0 Å². The third kappa shape index (κ3) is 7.68. The van der Waals surface area contributed by atoms with Crippen molar-refractivity contribution in [3.8, 4) is 11.5 Å². The number of benzene rings is 1. The summed E-state index contributed by atoms with van der Waals surface area (Å²) >= 11 is 1.00. The third-order valence-electron chi connectivity index (χ3n) is 4.60. The Hall–Kier alpha value is -3.21. The first-order valence-electron chi connectivity index (χ1n) is 10.7. The summed E-state index contributed by atoms with van der Waals surface area (Å²) < 4.78 is 41.3. The predicted molar refractivity (Wildman–Crippen MR) is 125 cm³/mol. The molecule has 0 unspecified atom stereocenters. The van der Waals surface area contributed by atoms with Gasteiger partial charge in [0.15, 0.2) is 11.5 Å². The highest BCUT2D eigenvalue weighted by atomic mass is 32.1. The number of amides is 1. The maximum atomic E-state index is 13.1. The highest BCUT2D eigenvalue weighted by Gasteiger charge is 2.14. The van der Waals surface area contributed by atoms with E-state index in [1.165, 1.54) is 36.0 Å². The van der Waals surface area contributed by atoms with Gasteiger partial charge in [-0.2, -0.15) is 8.78 Å². The Labute approximate surface area is 199 Å². The summed E-state index contributed by atoms with van der Waals surface area (Å²) in [5, 5.41) is 2.83. The van der Waals surface area contributed by atoms with Crippen LogP contribution in [0.15, 0.2) is 23.0 Å². The number of nitrogens with zero attached hydrogens (tertiary/aromatic N) is 1. The SMILES string of the molecule is CCC[C@H](C)NC(=O)Cn1c(=O)/c(=C/c2ccc(OC(F)F)c(OC)c2)s/c1=C/C(=O)OCC. The standard InChI is InChI=1S/C23H28F2N2O6S/c1-5-7-14(3)26-19(28)13-27-20(12-21(29)32-6-2)34-18(22(27)30)11-15-8-9-16(33-23(24)25)17(10-15)31-4/h8-12,14,23H,5-7,13H2,1-4H3,(H,26,28)/b18-11-,20-12+/t14-/m0/s1. The van der Waals surface area contributed by atoms with E-state index in [-0.39, 0.29) is 45.8 Å². The normalized spacial score (nSPS) is 13.1. The fourth-order valence-corrected chi connectivity index (χ4v) is 4.20. The number of alkyl halides is 2. The van der Waals surface area contributed by atoms with Gasteiger partial charge in [-0.3, -0.25) is 14.2 Å². The number of ether oxygens (including phenoxy) is 3. The zero-order valence-corrected chi connectivity index (χ0v) is 20.2. The first kappa shape index (κ1) is 27.0. The molecule has 0 aliphatic heterocycles. The van der Waals surface area contributed by atoms with Crippen molar-refractivity contribution in [2.75, 3.05) is 13.7 Å². The fourth-order valence-electron chi connectivity index (χ4n) is 3.17. The van der Waals surface area contributed by atoms with E-state index in [2.05, 4.69) is 10.1 Å². The van der Waals surface area contributed by atoms with E-state index in [1.807, 2.05) is 13.8 Å². The third-order valence-corrected chi connectivity index (χ3v) is 5.66. The van der Waals surface area contributed by atoms with Gasteiger partial charge in [-0.1, -0.05) is 19.4 Å². The van der Waals surface area contributed by atoms with Crippen molar-refractivity contribution < 1.29 is 32.6 Å². The number of thiazole rings is 1. The molecule has 0 saturated heterocycles. The van der Waals surface area contributed by atoms with Gasteiger partial charge in [-0.15, -0.1) is 11.3 Å². The van der Waals surface area contributed by atoms with Gasteiger partial charge in [0.05, 0.1) is 24.3 Å². The zero-order chi connectivity index (χ0) is 25.3. The summed E-state index contributed by atoms with van der Waals surface area (Å²) in [6.45, 7) is 2.40. The lowest BCUT2D eigenvalue weighted by atomic mass is 10.2. The molecule has 0 fully saturated rings. The number of nitrogens with one attached hydrogen (secondary N) is 1. The number of carbonyl (C=O) groups excluding carboxylic acids is 2. The van der Waals surface area contributed by atoms with E-state index >= 15 is 0 Å². The van der Waals surface area contributed by atoms with Crippen LogP contribution >= 0.6 is 11.3 Å². The van der Waals surface area contributed by atoms with Crippen LogP contribution in [0.3, 0.4) is 0 Å². The molecule has 1 aromatic heterocycles. The number of aromatic nitrogens is 1. The fraction of sp³-hybridized carbons (Fsp3) is 0.435. The number of esters is 1. The molecular formula is C23H28F2N2O6S. The smallest absolute Gasteiger partial charge is 0.387 e. The molecule has 1 aromatic carbocycles. The molecule has 0 aliphatic rings. The van der Waals surface area contributed by atoms with Gasteiger partial charge >= 0.3 is 12.6 Å². The highest BCUT2D eigenvalue weighted by Crippen LogP contribution is 2.29. The van der Waals surface area contributed by atoms with Crippen LogP contribution in [0.25, 0.3) is 12.2 Å². The number of rotatable bonds is 11. The monoisotopic (exact) mass is 498 g/mol. The van der Waals surface area contributed by atoms with Crippen molar-refractivity contribution in [1.29, 1.82) is 0 Å². The Morgan fingerprint density at radius 1 is 1.24 bits per heavy atom. The minimum Gasteiger partial charge on any atom is -0.493 e. The number of methoxy groups -OCH3 is 1. The summed E-state index contributed by atoms with van der Waals surface area (Å²) in [4.78, 5) is 37.6. The van der Waals surface area contributed by atoms with Crippen LogP contribution in [0.4, 0.5) is 8.78 Å². The van der Waals surface area contributed by atoms with Crippen LogP contribution in [0.5, 0.6) is 11.5 Å². The van der Waals surface area contributed by atoms with Crippen LogP contribution in [0, 0.1) is 0 Å². The largest absolute Gasteiger partial charge is 0.493 e. The molecule has 11 heteroatoms. The highest BCUT2D eigenvalue weighted by molar-refractivity contribution is 7.07. The molecule has 2 rings (SSSR count). The first-order valence-corrected chi connectivity index (χ1v) is 11.5. The molecule has 34 heavy (non-hydrogen) atoms. The van der Waals surface area contributed by atoms with Crippen molar-refractivity contribution in [2.45, 2.75) is 52.8 Å². The number of hydrogen-bond acceptors (Lipinski definition) is 7. The van der Waals surface area contributed by atoms with Crippen molar-refractivity contribution in [2.24, 2.45) is 0 Å². The molecule has 0 bridgehead atoms. The van der Waals surface area contributed by atoms with E-state index in [9.17, 15) is 23.2 Å². The maximum Gasteiger partial charge on any atom is 0.387 e. The molecule has 0 radical (unpaired) electrons. The Bertz CT molecular complexity index is 1180. The first-order chi connectivity index (χ1) is 16.2. The van der Waals surface area contributed by atoms with Gasteiger partial charge in [-0.05, 0) is 44.0 Å². The maximum absolute atomic E-state index is 13.1. The summed E-state index contributed by atoms with van der Waals surface area (Å²) in [6, 6.07) is 4.17. The Morgan fingerprint density at radius 3 is 2.59 bits per heavy atom. The summed E-state index contributed by atoms with van der Waals surface area (Å²) in [7, 11) is 1.31. The average Bonchev–Trinajstić information content (AvgIpc) is 3.03. The summed E-state index contributed by atoms with van der Waals surface area (Å²) in [6.07, 6.45) is 4.36. The second kappa shape index (κ2) is 12.9. The topological polar surface area (TPSA) is 95.9 Å². The number of halogens is 2. The quantitative estimate of drug-likeness (QED) is 0.476. The van der Waals surface area contributed by atoms with E-state index in [1.54, 1.807) is 6.92 Å². The molecule has 0 spiro atoms. The molecule has 0 saturated carbocycles. The average molecular weight is 499 g/mol. The van der Waals surface area contributed by atoms with Gasteiger partial charge in [0, 0.05) is 6.04 Å². The van der Waals surface area contributed by atoms with Crippen LogP contribution < -0.4 is 29.5 Å². The van der Waals surface area contributed by atoms with Gasteiger partial charge in [0.1, 0.15) is 11.2 Å². The van der Waals surface area contributed by atoms with E-state index in [0.29, 0.717) is 5.56 Å². The van der Waals surface area contributed by atoms with Crippen LogP contribution in [-0.2, 0) is 20.9 Å². The Morgan fingerprint density at radius 2 is 1.97 bits per heavy atom. The Kier molecular flexibility index (Phi) is 10.2. The molecule has 1 amide bonds. The summed E-state index contributed by atoms with van der Waals surface area (Å²) in [5.74, 6) is -1.08.